The molecule has 0 saturated heterocycles. The van der Waals surface area contributed by atoms with Crippen molar-refractivity contribution in [1.82, 2.24) is 0 Å². The molecule has 8 heteroatoms. The van der Waals surface area contributed by atoms with Gasteiger partial charge in [-0.15, -0.1) is 0 Å². The molecule has 0 amide bonds. The second kappa shape index (κ2) is 7.49. The first-order chi connectivity index (χ1) is 7.71. The molecule has 0 atom stereocenters. The van der Waals surface area contributed by atoms with Crippen LogP contribution in [0.3, 0.4) is 0 Å². The van der Waals surface area contributed by atoms with Gasteiger partial charge < -0.3 is 4.55 Å². The largest absolute Gasteiger partial charge is 0.741 e. The molecule has 0 aromatic heterocycles. The molecule has 18 heavy (non-hydrogen) atoms. The molecule has 0 rings (SSSR count). The molecule has 0 bridgehead atoms. The van der Waals surface area contributed by atoms with Crippen LogP contribution in [0.1, 0.15) is 41.5 Å². The van der Waals surface area contributed by atoms with Crippen molar-refractivity contribution < 1.29 is 26.1 Å². The van der Waals surface area contributed by atoms with E-state index in [-0.39, 0.29) is 8.80 Å². The molecule has 3 nitrogen and oxygen atoms in total. The Hall–Kier alpha value is -0.0831. The van der Waals surface area contributed by atoms with Gasteiger partial charge in [0.25, 0.3) is 0 Å². The summed E-state index contributed by atoms with van der Waals surface area (Å²) in [5.74, 6) is 0. The Bertz CT molecular complexity index is 305. The summed E-state index contributed by atoms with van der Waals surface area (Å²) in [6, 6.07) is 0. The van der Waals surface area contributed by atoms with Crippen molar-refractivity contribution >= 4 is 18.9 Å². The van der Waals surface area contributed by atoms with E-state index in [2.05, 4.69) is 41.5 Å². The highest BCUT2D eigenvalue weighted by Gasteiger charge is 2.38. The molecule has 0 spiro atoms. The van der Waals surface area contributed by atoms with Crippen LogP contribution >= 0.6 is 0 Å². The third-order valence-electron chi connectivity index (χ3n) is 2.28. The Morgan fingerprint density at radius 2 is 1.06 bits per heavy atom. The number of hydrogen-bond donors (Lipinski definition) is 0. The second-order valence-corrected chi connectivity index (χ2v) is 10.7. The van der Waals surface area contributed by atoms with Crippen LogP contribution in [0.5, 0.6) is 0 Å². The van der Waals surface area contributed by atoms with Crippen molar-refractivity contribution in [2.45, 2.75) is 63.7 Å². The monoisotopic (exact) mass is 306 g/mol. The molecular formula is C10H21F3O3SSi. The Morgan fingerprint density at radius 3 is 1.06 bits per heavy atom. The normalized spacial score (nSPS) is 12.7. The summed E-state index contributed by atoms with van der Waals surface area (Å²) in [5.41, 5.74) is -2.84. The van der Waals surface area contributed by atoms with Crippen molar-refractivity contribution in [1.29, 1.82) is 0 Å². The van der Waals surface area contributed by atoms with Gasteiger partial charge in [-0.2, -0.15) is 13.2 Å². The summed E-state index contributed by atoms with van der Waals surface area (Å²) in [6.07, 6.45) is 0. The minimum atomic E-state index is -6.09. The molecule has 0 aliphatic heterocycles. The van der Waals surface area contributed by atoms with E-state index in [4.69, 9.17) is 13.0 Å². The summed E-state index contributed by atoms with van der Waals surface area (Å²) in [4.78, 5) is 0. The topological polar surface area (TPSA) is 57.2 Å². The SMILES string of the molecule is CC(C)[Si+](C(C)C)C(C)C.O=S(=O)([O-])C(F)(F)F. The van der Waals surface area contributed by atoms with E-state index in [0.29, 0.717) is 0 Å². The fourth-order valence-corrected chi connectivity index (χ4v) is 6.00. The van der Waals surface area contributed by atoms with Crippen LogP contribution < -0.4 is 0 Å². The fraction of sp³-hybridized carbons (Fsp3) is 1.00. The molecule has 0 aliphatic carbocycles. The maximum absolute atomic E-state index is 10.7. The van der Waals surface area contributed by atoms with Crippen LogP contribution in [0.4, 0.5) is 13.2 Å². The second-order valence-electron chi connectivity index (χ2n) is 4.86. The van der Waals surface area contributed by atoms with E-state index in [1.807, 2.05) is 0 Å². The predicted octanol–water partition coefficient (Wildman–Crippen LogP) is 3.76. The van der Waals surface area contributed by atoms with Gasteiger partial charge >= 0.3 is 14.3 Å². The molecular weight excluding hydrogens is 285 g/mol. The van der Waals surface area contributed by atoms with Gasteiger partial charge in [0.15, 0.2) is 10.1 Å². The van der Waals surface area contributed by atoms with Gasteiger partial charge in [-0.1, -0.05) is 0 Å². The molecule has 0 N–H and O–H groups in total. The van der Waals surface area contributed by atoms with Gasteiger partial charge in [-0.05, 0) is 41.5 Å². The molecule has 0 fully saturated rings. The minimum Gasteiger partial charge on any atom is -0.741 e. The number of rotatable bonds is 3. The van der Waals surface area contributed by atoms with Crippen LogP contribution in [0.2, 0.25) is 16.6 Å². The molecule has 0 heterocycles. The fourth-order valence-electron chi connectivity index (χ4n) is 2.00. The molecule has 0 aromatic rings. The highest BCUT2D eigenvalue weighted by molar-refractivity contribution is 7.86. The van der Waals surface area contributed by atoms with Crippen LogP contribution in [-0.4, -0.2) is 27.3 Å². The lowest BCUT2D eigenvalue weighted by atomic mass is 10.5. The quantitative estimate of drug-likeness (QED) is 0.453. The molecule has 0 radical (unpaired) electrons. The van der Waals surface area contributed by atoms with Crippen LogP contribution in [0.15, 0.2) is 0 Å². The lowest BCUT2D eigenvalue weighted by Gasteiger charge is -2.12. The summed E-state index contributed by atoms with van der Waals surface area (Å²) in [7, 11) is -6.19. The predicted molar refractivity (Wildman–Crippen MR) is 66.8 cm³/mol. The summed E-state index contributed by atoms with van der Waals surface area (Å²) < 4.78 is 58.9. The lowest BCUT2D eigenvalue weighted by molar-refractivity contribution is -0.0517. The maximum Gasteiger partial charge on any atom is 0.485 e. The first-order valence-corrected chi connectivity index (χ1v) is 8.74. The van der Waals surface area contributed by atoms with Crippen LogP contribution in [0, 0.1) is 0 Å². The molecule has 110 valence electrons. The number of hydrogen-bond acceptors (Lipinski definition) is 3. The van der Waals surface area contributed by atoms with Gasteiger partial charge in [-0.3, -0.25) is 0 Å². The van der Waals surface area contributed by atoms with Crippen molar-refractivity contribution in [2.24, 2.45) is 0 Å². The first-order valence-electron chi connectivity index (χ1n) is 5.60. The molecule has 0 aromatic carbocycles. The van der Waals surface area contributed by atoms with Crippen molar-refractivity contribution in [2.75, 3.05) is 0 Å². The zero-order valence-electron chi connectivity index (χ0n) is 11.5. The third-order valence-corrected chi connectivity index (χ3v) is 6.85. The van der Waals surface area contributed by atoms with E-state index < -0.39 is 15.6 Å². The summed E-state index contributed by atoms with van der Waals surface area (Å²) in [6.45, 7) is 14.2. The highest BCUT2D eigenvalue weighted by Crippen LogP contribution is 2.29. The van der Waals surface area contributed by atoms with Crippen molar-refractivity contribution in [3.8, 4) is 0 Å². The van der Waals surface area contributed by atoms with Gasteiger partial charge in [0, 0.05) is 0 Å². The highest BCUT2D eigenvalue weighted by atomic mass is 32.2. The lowest BCUT2D eigenvalue weighted by Crippen LogP contribution is -2.24. The number of alkyl halides is 3. The molecule has 0 unspecified atom stereocenters. The van der Waals surface area contributed by atoms with E-state index in [0.717, 1.165) is 16.6 Å². The van der Waals surface area contributed by atoms with Gasteiger partial charge in [0.1, 0.15) is 0 Å². The summed E-state index contributed by atoms with van der Waals surface area (Å²) >= 11 is 0. The Labute approximate surface area is 109 Å². The van der Waals surface area contributed by atoms with Crippen molar-refractivity contribution in [3.63, 3.8) is 0 Å². The third kappa shape index (κ3) is 8.10. The van der Waals surface area contributed by atoms with Gasteiger partial charge in [0.05, 0.1) is 16.6 Å². The summed E-state index contributed by atoms with van der Waals surface area (Å²) in [5, 5.41) is 0. The average molecular weight is 306 g/mol. The Balaban J connectivity index is 0. The molecule has 0 aliphatic rings. The van der Waals surface area contributed by atoms with Gasteiger partial charge in [0.2, 0.25) is 0 Å². The first kappa shape index (κ1) is 20.2. The van der Waals surface area contributed by atoms with Crippen LogP contribution in [0.25, 0.3) is 0 Å². The number of halogens is 3. The van der Waals surface area contributed by atoms with E-state index in [1.54, 1.807) is 0 Å². The standard InChI is InChI=1S/C9H21Si.CHF3O3S/c1-7(2)10(8(3)4)9(5)6;2-1(3,4)8(5,6)7/h7-9H,1-6H3;(H,5,6,7)/q+1;/p-1. The van der Waals surface area contributed by atoms with E-state index in [1.165, 1.54) is 0 Å². The van der Waals surface area contributed by atoms with Crippen LogP contribution in [-0.2, 0) is 10.1 Å². The van der Waals surface area contributed by atoms with Gasteiger partial charge in [-0.25, -0.2) is 8.42 Å². The zero-order valence-corrected chi connectivity index (χ0v) is 13.3. The van der Waals surface area contributed by atoms with Crippen molar-refractivity contribution in [3.05, 3.63) is 0 Å². The maximum atomic E-state index is 10.7. The minimum absolute atomic E-state index is 0.0957. The van der Waals surface area contributed by atoms with E-state index in [9.17, 15) is 13.2 Å². The Morgan fingerprint density at radius 1 is 0.889 bits per heavy atom. The van der Waals surface area contributed by atoms with E-state index >= 15 is 0 Å². The average Bonchev–Trinajstić information content (AvgIpc) is 1.96. The zero-order chi connectivity index (χ0) is 15.3. The Kier molecular flexibility index (Phi) is 8.42. The smallest absolute Gasteiger partial charge is 0.485 e. The molecule has 0 saturated carbocycles.